The van der Waals surface area contributed by atoms with Gasteiger partial charge >= 0.3 is 12.2 Å². The Morgan fingerprint density at radius 3 is 2.79 bits per heavy atom. The third-order valence-electron chi connectivity index (χ3n) is 9.52. The molecule has 3 aliphatic heterocycles. The molecular formula is C32H31F5N6O3S. The van der Waals surface area contributed by atoms with Crippen molar-refractivity contribution in [3.05, 3.63) is 48.3 Å². The van der Waals surface area contributed by atoms with Crippen molar-refractivity contribution < 1.29 is 36.2 Å². The summed E-state index contributed by atoms with van der Waals surface area (Å²) >= 11 is 0.837. The van der Waals surface area contributed by atoms with Gasteiger partial charge in [-0.3, -0.25) is 9.69 Å². The molecular weight excluding hydrogens is 643 g/mol. The zero-order valence-corrected chi connectivity index (χ0v) is 26.1. The monoisotopic (exact) mass is 674 g/mol. The molecule has 3 saturated heterocycles. The molecule has 4 aromatic rings. The highest BCUT2D eigenvalue weighted by Gasteiger charge is 2.49. The Bertz CT molecular complexity index is 1900. The molecule has 3 fully saturated rings. The van der Waals surface area contributed by atoms with Crippen LogP contribution >= 0.6 is 11.3 Å². The molecule has 9 nitrogen and oxygen atoms in total. The Morgan fingerprint density at radius 2 is 2.02 bits per heavy atom. The highest BCUT2D eigenvalue weighted by Crippen LogP contribution is 2.45. The summed E-state index contributed by atoms with van der Waals surface area (Å²) in [6, 6.07) is 3.88. The van der Waals surface area contributed by atoms with E-state index in [0.29, 0.717) is 25.9 Å². The van der Waals surface area contributed by atoms with Crippen molar-refractivity contribution in [2.24, 2.45) is 0 Å². The molecule has 3 aliphatic rings. The van der Waals surface area contributed by atoms with Crippen molar-refractivity contribution in [3.63, 3.8) is 0 Å². The van der Waals surface area contributed by atoms with Crippen LogP contribution in [0.25, 0.3) is 32.2 Å². The number of nitrogens with zero attached hydrogens (tertiary/aromatic N) is 5. The number of aromatic nitrogens is 3. The van der Waals surface area contributed by atoms with E-state index in [-0.39, 0.29) is 61.8 Å². The van der Waals surface area contributed by atoms with Gasteiger partial charge in [0, 0.05) is 31.5 Å². The summed E-state index contributed by atoms with van der Waals surface area (Å²) in [4.78, 5) is 29.1. The van der Waals surface area contributed by atoms with Gasteiger partial charge in [0.15, 0.2) is 5.13 Å². The second kappa shape index (κ2) is 11.5. The number of rotatable bonds is 7. The fraction of sp³-hybridized carbons (Fsp3) is 0.438. The van der Waals surface area contributed by atoms with E-state index in [2.05, 4.69) is 26.4 Å². The minimum Gasteiger partial charge on any atom is -0.471 e. The summed E-state index contributed by atoms with van der Waals surface area (Å²) in [6.07, 6.45) is -2.92. The molecule has 5 heterocycles. The van der Waals surface area contributed by atoms with Gasteiger partial charge in [0.2, 0.25) is 11.8 Å². The minimum atomic E-state index is -4.84. The maximum atomic E-state index is 14.7. The van der Waals surface area contributed by atoms with Gasteiger partial charge in [-0.05, 0) is 62.2 Å². The molecule has 2 N–H and O–H groups in total. The number of anilines is 1. The molecule has 248 valence electrons. The molecule has 0 radical (unpaired) electrons. The summed E-state index contributed by atoms with van der Waals surface area (Å²) in [5.74, 6) is -1.09. The molecule has 1 amide bonds. The lowest BCUT2D eigenvalue weighted by Crippen LogP contribution is -2.43. The van der Waals surface area contributed by atoms with Gasteiger partial charge < -0.3 is 20.1 Å². The average molecular weight is 675 g/mol. The highest BCUT2D eigenvalue weighted by molar-refractivity contribution is 7.22. The van der Waals surface area contributed by atoms with Crippen LogP contribution in [0.4, 0.5) is 27.1 Å². The first-order chi connectivity index (χ1) is 22.4. The molecule has 4 unspecified atom stereocenters. The zero-order valence-electron chi connectivity index (χ0n) is 25.3. The van der Waals surface area contributed by atoms with Crippen LogP contribution in [0.5, 0.6) is 11.9 Å². The van der Waals surface area contributed by atoms with E-state index in [9.17, 15) is 26.7 Å². The summed E-state index contributed by atoms with van der Waals surface area (Å²) in [7, 11) is 0. The van der Waals surface area contributed by atoms with Crippen molar-refractivity contribution in [1.82, 2.24) is 24.8 Å². The first-order valence-electron chi connectivity index (χ1n) is 15.3. The molecule has 4 atom stereocenters. The number of carbonyl (C=O) groups is 1. The van der Waals surface area contributed by atoms with E-state index < -0.39 is 41.4 Å². The van der Waals surface area contributed by atoms with E-state index in [1.54, 1.807) is 11.8 Å². The van der Waals surface area contributed by atoms with Crippen LogP contribution in [0.3, 0.4) is 0 Å². The number of likely N-dealkylation sites (tertiary alicyclic amines) is 1. The normalized spacial score (nSPS) is 24.7. The number of hydrogen-bond acceptors (Lipinski definition) is 9. The molecule has 7 rings (SSSR count). The van der Waals surface area contributed by atoms with Crippen LogP contribution < -0.4 is 15.2 Å². The smallest absolute Gasteiger partial charge is 0.417 e. The molecule has 0 saturated carbocycles. The number of halogens is 5. The lowest BCUT2D eigenvalue weighted by atomic mass is 9.95. The molecule has 2 aromatic carbocycles. The van der Waals surface area contributed by atoms with Crippen LogP contribution in [0.2, 0.25) is 0 Å². The van der Waals surface area contributed by atoms with Crippen molar-refractivity contribution in [2.45, 2.75) is 62.6 Å². The van der Waals surface area contributed by atoms with Crippen molar-refractivity contribution >= 4 is 43.5 Å². The second-order valence-electron chi connectivity index (χ2n) is 12.3. The number of carbonyl (C=O) groups excluding carboxylic acids is 1. The molecule has 0 aliphatic carbocycles. The predicted molar refractivity (Wildman–Crippen MR) is 166 cm³/mol. The Kier molecular flexibility index (Phi) is 7.73. The van der Waals surface area contributed by atoms with Gasteiger partial charge in [0.25, 0.3) is 0 Å². The van der Waals surface area contributed by atoms with Crippen LogP contribution in [-0.2, 0) is 11.0 Å². The lowest BCUT2D eigenvalue weighted by molar-refractivity contribution is -0.137. The average Bonchev–Trinajstić information content (AvgIpc) is 3.77. The van der Waals surface area contributed by atoms with Crippen molar-refractivity contribution in [3.8, 4) is 23.0 Å². The molecule has 2 aromatic heterocycles. The summed E-state index contributed by atoms with van der Waals surface area (Å²) < 4.78 is 85.7. The number of ether oxygens (including phenoxy) is 2. The van der Waals surface area contributed by atoms with Crippen molar-refractivity contribution in [1.29, 1.82) is 0 Å². The van der Waals surface area contributed by atoms with Crippen LogP contribution in [0.15, 0.2) is 36.9 Å². The SMILES string of the molecule is C=CC(=O)N1CCC(Oc2nc(OCC34CCCN3CC(F)C4)nc3cc(-c4ccc(F)c5sc(N)nc45)c(C(F)(F)F)cc23)C1C. The van der Waals surface area contributed by atoms with E-state index in [4.69, 9.17) is 15.2 Å². The van der Waals surface area contributed by atoms with Crippen LogP contribution in [0.1, 0.15) is 38.2 Å². The van der Waals surface area contributed by atoms with Crippen LogP contribution in [0, 0.1) is 5.82 Å². The number of nitrogens with two attached hydrogens (primary N) is 1. The fourth-order valence-corrected chi connectivity index (χ4v) is 8.00. The predicted octanol–water partition coefficient (Wildman–Crippen LogP) is 6.16. The summed E-state index contributed by atoms with van der Waals surface area (Å²) in [5, 5.41) is -0.0255. The maximum absolute atomic E-state index is 14.7. The number of fused-ring (bicyclic) bond motifs is 3. The van der Waals surface area contributed by atoms with Gasteiger partial charge in [-0.2, -0.15) is 23.1 Å². The Morgan fingerprint density at radius 1 is 1.21 bits per heavy atom. The highest BCUT2D eigenvalue weighted by atomic mass is 32.1. The quantitative estimate of drug-likeness (QED) is 0.184. The topological polar surface area (TPSA) is 107 Å². The maximum Gasteiger partial charge on any atom is 0.417 e. The van der Waals surface area contributed by atoms with Gasteiger partial charge in [-0.25, -0.2) is 13.8 Å². The Labute approximate surface area is 270 Å². The van der Waals surface area contributed by atoms with Crippen LogP contribution in [-0.4, -0.2) is 80.8 Å². The van der Waals surface area contributed by atoms with Gasteiger partial charge in [-0.1, -0.05) is 17.9 Å². The first-order valence-corrected chi connectivity index (χ1v) is 16.1. The molecule has 0 spiro atoms. The largest absolute Gasteiger partial charge is 0.471 e. The summed E-state index contributed by atoms with van der Waals surface area (Å²) in [5.41, 5.74) is 4.07. The number of thiazole rings is 1. The number of amides is 1. The third kappa shape index (κ3) is 5.52. The number of alkyl halides is 4. The van der Waals surface area contributed by atoms with E-state index >= 15 is 0 Å². The minimum absolute atomic E-state index is 0.00598. The molecule has 0 bridgehead atoms. The number of nitrogen functional groups attached to an aromatic ring is 1. The van der Waals surface area contributed by atoms with E-state index in [1.165, 1.54) is 18.2 Å². The molecule has 47 heavy (non-hydrogen) atoms. The van der Waals surface area contributed by atoms with E-state index in [0.717, 1.165) is 42.9 Å². The van der Waals surface area contributed by atoms with Gasteiger partial charge in [0.05, 0.1) is 38.3 Å². The van der Waals surface area contributed by atoms with Gasteiger partial charge in [-0.15, -0.1) is 0 Å². The third-order valence-corrected chi connectivity index (χ3v) is 10.4. The Hall–Kier alpha value is -4.11. The lowest BCUT2D eigenvalue weighted by Gasteiger charge is -2.31. The summed E-state index contributed by atoms with van der Waals surface area (Å²) in [6.45, 7) is 6.82. The van der Waals surface area contributed by atoms with Crippen molar-refractivity contribution in [2.75, 3.05) is 32.0 Å². The molecule has 15 heteroatoms. The number of benzene rings is 2. The first kappa shape index (κ1) is 31.5. The number of hydrogen-bond donors (Lipinski definition) is 1. The zero-order chi connectivity index (χ0) is 33.2. The Balaban J connectivity index is 1.36. The standard InChI is InChI=1S/C32H31F5N6O3S/c1-3-25(44)43-10-7-24(16(43)2)46-28-20-11-21(32(35,36)37)19(18-5-6-22(34)27-26(18)40-29(38)47-27)12-23(20)39-30(41-28)45-15-31-8-4-9-42(31)14-17(33)13-31/h3,5-6,11-12,16-17,24H,1,4,7-10,13-15H2,2H3,(H2,38,40). The van der Waals surface area contributed by atoms with E-state index in [1.807, 2.05) is 0 Å². The second-order valence-corrected chi connectivity index (χ2v) is 13.4. The van der Waals surface area contributed by atoms with Gasteiger partial charge in [0.1, 0.15) is 24.7 Å². The fourth-order valence-electron chi connectivity index (χ4n) is 7.24.